The third-order valence-electron chi connectivity index (χ3n) is 22.7. The van der Waals surface area contributed by atoms with Crippen LogP contribution in [-0.2, 0) is 6.54 Å². The fraction of sp³-hybridized carbons (Fsp3) is 0.0495. The van der Waals surface area contributed by atoms with Gasteiger partial charge < -0.3 is 35.9 Å². The first kappa shape index (κ1) is 81.1. The molecule has 27 nitrogen and oxygen atoms in total. The summed E-state index contributed by atoms with van der Waals surface area (Å²) in [4.78, 5) is 68.6. The number of hydrogen-bond acceptors (Lipinski definition) is 19. The number of halogens is 4. The molecule has 0 saturated carbocycles. The SMILES string of the molecule is CCNCc1cncc(-c2ccc3[nH]nc(-c4nc5c(-c6ccccc6F)cncc5[nH]4)c3c2)c1.CN(C)c1cncc(-c2ccc3[nH]nc(-c4nc5c(-c6ccccc6F)cncc5[nH]4)c3c2)c1.Fc1ccccc1-c1cncc2[nH]c(-c3n[nH]c4ccc(-c5cccnc5)cc34)nc12.Nc1cncc(-c2ccc3[nH]nc(-c4nc5c(-c6ccccc6F)cncc5[nH]4)c3c2)c1. The first-order chi connectivity index (χ1) is 64.7. The van der Waals surface area contributed by atoms with Gasteiger partial charge in [0.1, 0.15) is 68.1 Å². The van der Waals surface area contributed by atoms with Gasteiger partial charge in [0, 0.05) is 177 Å². The number of benzene rings is 8. The predicted octanol–water partition coefficient (Wildman–Crippen LogP) is 21.2. The summed E-state index contributed by atoms with van der Waals surface area (Å²) in [6.45, 7) is 3.76. The number of fused-ring (bicyclic) bond motifs is 8. The van der Waals surface area contributed by atoms with E-state index in [2.05, 4.69) is 149 Å². The smallest absolute Gasteiger partial charge is 0.159 e. The van der Waals surface area contributed by atoms with E-state index in [1.165, 1.54) is 24.3 Å². The second kappa shape index (κ2) is 34.7. The molecule has 0 unspecified atom stereocenters. The maximum Gasteiger partial charge on any atom is 0.159 e. The number of nitrogens with two attached hydrogens (primary N) is 1. The minimum atomic E-state index is -0.322. The van der Waals surface area contributed by atoms with Gasteiger partial charge in [0.25, 0.3) is 0 Å². The van der Waals surface area contributed by atoms with Crippen molar-refractivity contribution >= 4 is 99.1 Å². The number of aromatic amines is 8. The number of rotatable bonds is 16. The number of aromatic nitrogens is 24. The van der Waals surface area contributed by atoms with Gasteiger partial charge in [-0.2, -0.15) is 20.4 Å². The highest BCUT2D eigenvalue weighted by atomic mass is 19.1. The molecular formula is C101H73F4N27. The second-order valence-electron chi connectivity index (χ2n) is 31.4. The molecule has 16 heterocycles. The quantitative estimate of drug-likeness (QED) is 0.0402. The number of nitrogens with one attached hydrogen (secondary N) is 9. The van der Waals surface area contributed by atoms with Crippen LogP contribution in [0.2, 0.25) is 0 Å². The molecule has 0 atom stereocenters. The first-order valence-electron chi connectivity index (χ1n) is 41.9. The largest absolute Gasteiger partial charge is 0.397 e. The molecule has 0 saturated heterocycles. The van der Waals surface area contributed by atoms with Gasteiger partial charge in [0.15, 0.2) is 23.3 Å². The number of nitrogen functional groups attached to an aromatic ring is 1. The van der Waals surface area contributed by atoms with Crippen molar-refractivity contribution in [3.63, 3.8) is 0 Å². The fourth-order valence-corrected chi connectivity index (χ4v) is 16.2. The van der Waals surface area contributed by atoms with E-state index >= 15 is 0 Å². The summed E-state index contributed by atoms with van der Waals surface area (Å²) in [6.07, 6.45) is 27.7. The van der Waals surface area contributed by atoms with Gasteiger partial charge in [0.2, 0.25) is 0 Å². The molecule has 24 aromatic rings. The van der Waals surface area contributed by atoms with E-state index < -0.39 is 0 Å². The van der Waals surface area contributed by atoms with E-state index in [0.29, 0.717) is 135 Å². The van der Waals surface area contributed by atoms with E-state index in [0.717, 1.165) is 118 Å². The van der Waals surface area contributed by atoms with Crippen LogP contribution < -0.4 is 16.0 Å². The Kier molecular flexibility index (Phi) is 21.3. The molecular weight excluding hydrogens is 1670 g/mol. The van der Waals surface area contributed by atoms with E-state index in [1.807, 2.05) is 117 Å². The average molecular weight is 1740 g/mol. The molecule has 640 valence electrons. The second-order valence-corrected chi connectivity index (χ2v) is 31.4. The van der Waals surface area contributed by atoms with Crippen molar-refractivity contribution in [2.75, 3.05) is 31.3 Å². The fourth-order valence-electron chi connectivity index (χ4n) is 16.2. The Morgan fingerprint density at radius 1 is 0.295 bits per heavy atom. The topological polar surface area (TPSA) is 374 Å². The Morgan fingerprint density at radius 3 is 0.962 bits per heavy atom. The van der Waals surface area contributed by atoms with Gasteiger partial charge in [-0.3, -0.25) is 60.3 Å². The molecule has 0 aliphatic carbocycles. The highest BCUT2D eigenvalue weighted by Crippen LogP contribution is 2.41. The summed E-state index contributed by atoms with van der Waals surface area (Å²) in [6, 6.07) is 60.8. The van der Waals surface area contributed by atoms with Crippen molar-refractivity contribution in [1.82, 2.24) is 126 Å². The lowest BCUT2D eigenvalue weighted by molar-refractivity contribution is 0.631. The molecule has 31 heteroatoms. The van der Waals surface area contributed by atoms with Crippen LogP contribution in [0.25, 0.3) is 223 Å². The lowest BCUT2D eigenvalue weighted by atomic mass is 10.0. The summed E-state index contributed by atoms with van der Waals surface area (Å²) in [7, 11) is 3.98. The molecule has 8 aromatic carbocycles. The summed E-state index contributed by atoms with van der Waals surface area (Å²) in [5.41, 5.74) is 32.7. The predicted molar refractivity (Wildman–Crippen MR) is 507 cm³/mol. The lowest BCUT2D eigenvalue weighted by Crippen LogP contribution is -2.11. The number of pyridine rings is 8. The molecule has 0 bridgehead atoms. The molecule has 0 aliphatic rings. The van der Waals surface area contributed by atoms with Crippen LogP contribution >= 0.6 is 0 Å². The Bertz CT molecular complexity index is 8460. The van der Waals surface area contributed by atoms with Crippen LogP contribution in [0, 0.1) is 23.3 Å². The molecule has 0 spiro atoms. The number of anilines is 2. The number of hydrogen-bond donors (Lipinski definition) is 10. The zero-order valence-corrected chi connectivity index (χ0v) is 70.4. The summed E-state index contributed by atoms with van der Waals surface area (Å²) >= 11 is 0. The number of imidazole rings is 4. The van der Waals surface area contributed by atoms with Crippen molar-refractivity contribution in [3.8, 4) is 135 Å². The van der Waals surface area contributed by atoms with Crippen LogP contribution in [0.3, 0.4) is 0 Å². The molecule has 24 rings (SSSR count). The van der Waals surface area contributed by atoms with E-state index in [4.69, 9.17) is 25.7 Å². The maximum atomic E-state index is 14.5. The van der Waals surface area contributed by atoms with Crippen molar-refractivity contribution < 1.29 is 17.6 Å². The van der Waals surface area contributed by atoms with Crippen molar-refractivity contribution in [1.29, 1.82) is 0 Å². The molecule has 0 fully saturated rings. The van der Waals surface area contributed by atoms with Crippen molar-refractivity contribution in [3.05, 3.63) is 328 Å². The molecule has 11 N–H and O–H groups in total. The highest BCUT2D eigenvalue weighted by Gasteiger charge is 2.25. The van der Waals surface area contributed by atoms with E-state index in [-0.39, 0.29) is 23.3 Å². The van der Waals surface area contributed by atoms with Crippen molar-refractivity contribution in [2.24, 2.45) is 0 Å². The number of H-pyrrole nitrogens is 8. The third-order valence-corrected chi connectivity index (χ3v) is 22.7. The zero-order chi connectivity index (χ0) is 89.5. The standard InChI is InChI=1S/C27H22FN7.C26H20FN7.C24H16FN7.C24H15FN6/c1-2-29-11-16-9-18(13-30-12-16)17-7-8-23-20(10-17)26(35-34-23)27-32-24-15-31-14-21(25(24)33-27)19-5-3-4-6-22(19)28;1-34(2)17-9-16(11-28-12-17)15-7-8-22-19(10-15)25(33-32-22)26-30-23-14-29-13-20(24(23)31-26)18-5-3-4-6-21(18)27;25-19-4-2-1-3-16(19)18-11-28-12-21-22(18)30-24(29-21)23-17-8-13(5-6-20(17)31-32-23)14-7-15(26)10-27-9-14;25-19-6-2-1-5-16(19)18-12-27-13-21-22(18)29-24(28-21)23-17-10-14(7-8-20(17)30-31-23)15-4-3-9-26-11-15/h3-10,12-15,29H,2,11H2,1H3,(H,32,33)(H,34,35);3-14H,1-2H3,(H,30,31)(H,32,33);1-12H,26H2,(H,29,30)(H,31,32);1-13H,(H,28,29)(H,30,31). The highest BCUT2D eigenvalue weighted by molar-refractivity contribution is 6.03. The van der Waals surface area contributed by atoms with E-state index in [1.54, 1.807) is 141 Å². The third kappa shape index (κ3) is 15.8. The molecule has 16 aromatic heterocycles. The van der Waals surface area contributed by atoms with Crippen LogP contribution in [0.1, 0.15) is 12.5 Å². The summed E-state index contributed by atoms with van der Waals surface area (Å²) in [5, 5.41) is 37.3. The minimum Gasteiger partial charge on any atom is -0.397 e. The summed E-state index contributed by atoms with van der Waals surface area (Å²) < 4.78 is 57.8. The van der Waals surface area contributed by atoms with E-state index in [9.17, 15) is 17.6 Å². The molecule has 0 aliphatic heterocycles. The molecule has 0 radical (unpaired) electrons. The van der Waals surface area contributed by atoms with Gasteiger partial charge in [-0.15, -0.1) is 0 Å². The number of nitrogens with zero attached hydrogens (tertiary/aromatic N) is 17. The van der Waals surface area contributed by atoms with Gasteiger partial charge >= 0.3 is 0 Å². The molecule has 132 heavy (non-hydrogen) atoms. The van der Waals surface area contributed by atoms with Crippen LogP contribution in [0.15, 0.2) is 299 Å². The Morgan fingerprint density at radius 2 is 0.621 bits per heavy atom. The maximum absolute atomic E-state index is 14.5. The monoisotopic (exact) mass is 1740 g/mol. The minimum absolute atomic E-state index is 0.312. The summed E-state index contributed by atoms with van der Waals surface area (Å²) in [5.74, 6) is 1.08. The van der Waals surface area contributed by atoms with Gasteiger partial charge in [-0.1, -0.05) is 110 Å². The first-order valence-corrected chi connectivity index (χ1v) is 41.9. The van der Waals surface area contributed by atoms with Crippen LogP contribution in [0.5, 0.6) is 0 Å². The van der Waals surface area contributed by atoms with Gasteiger partial charge in [-0.25, -0.2) is 37.5 Å². The normalized spacial score (nSPS) is 11.4. The van der Waals surface area contributed by atoms with Crippen LogP contribution in [-0.4, -0.2) is 141 Å². The Hall–Kier alpha value is -18.0. The van der Waals surface area contributed by atoms with Crippen LogP contribution in [0.4, 0.5) is 28.9 Å². The lowest BCUT2D eigenvalue weighted by Gasteiger charge is -2.13. The molecule has 0 amide bonds. The Labute approximate surface area is 746 Å². The Balaban J connectivity index is 0.000000106. The van der Waals surface area contributed by atoms with Crippen molar-refractivity contribution in [2.45, 2.75) is 13.5 Å². The average Bonchev–Trinajstić information content (AvgIpc) is 1.63. The zero-order valence-electron chi connectivity index (χ0n) is 70.4. The van der Waals surface area contributed by atoms with Gasteiger partial charge in [-0.05, 0) is 131 Å². The van der Waals surface area contributed by atoms with Gasteiger partial charge in [0.05, 0.1) is 86.5 Å².